The number of hydrogen-bond donors (Lipinski definition) is 0. The smallest absolute Gasteiger partial charge is 0.265 e. The summed E-state index contributed by atoms with van der Waals surface area (Å²) in [6.07, 6.45) is 5.52. The number of nitrogens with zero attached hydrogens (tertiary/aromatic N) is 2. The fourth-order valence-electron chi connectivity index (χ4n) is 0.723. The van der Waals surface area contributed by atoms with Crippen LogP contribution in [0, 0.1) is 0 Å². The van der Waals surface area contributed by atoms with Gasteiger partial charge in [-0.25, -0.2) is 9.17 Å². The third-order valence-corrected chi connectivity index (χ3v) is 2.19. The molecule has 0 aromatic carbocycles. The van der Waals surface area contributed by atoms with Gasteiger partial charge >= 0.3 is 10.4 Å². The zero-order valence-corrected chi connectivity index (χ0v) is 8.61. The van der Waals surface area contributed by atoms with Crippen LogP contribution in [-0.2, 0) is 14.6 Å². The minimum absolute atomic E-state index is 0.132. The third-order valence-electron chi connectivity index (χ3n) is 1.38. The molecule has 0 atom stereocenters. The molecule has 0 aliphatic rings. The third kappa shape index (κ3) is 3.75. The average Bonchev–Trinajstić information content (AvgIpc) is 2.56. The van der Waals surface area contributed by atoms with E-state index in [1.807, 2.05) is 6.92 Å². The number of hydrogen-bond acceptors (Lipinski definition) is 5. The van der Waals surface area contributed by atoms with Gasteiger partial charge in [0.25, 0.3) is 0 Å². The van der Waals surface area contributed by atoms with Crippen LogP contribution in [0.1, 0.15) is 19.8 Å². The molecule has 6 nitrogen and oxygen atoms in total. The van der Waals surface area contributed by atoms with Gasteiger partial charge in [0.15, 0.2) is 0 Å². The Hall–Kier alpha value is -1.08. The summed E-state index contributed by atoms with van der Waals surface area (Å²) >= 11 is 0. The second kappa shape index (κ2) is 4.97. The molecule has 0 unspecified atom stereocenters. The standard InChI is InChI=1S/C7H12N2O4S/c1-2-3-6-12-14(10,11)13-9-5-4-8-7-9/h4-5,7H,2-3,6H2,1H3. The minimum atomic E-state index is -3.95. The lowest BCUT2D eigenvalue weighted by atomic mass is 10.4. The van der Waals surface area contributed by atoms with Gasteiger partial charge in [-0.15, -0.1) is 0 Å². The number of aromatic nitrogens is 2. The van der Waals surface area contributed by atoms with Crippen molar-refractivity contribution in [3.8, 4) is 0 Å². The van der Waals surface area contributed by atoms with Gasteiger partial charge in [-0.3, -0.25) is 4.28 Å². The number of rotatable bonds is 6. The van der Waals surface area contributed by atoms with Gasteiger partial charge < -0.3 is 0 Å². The molecule has 80 valence electrons. The van der Waals surface area contributed by atoms with Crippen LogP contribution in [-0.4, -0.2) is 24.7 Å². The number of unbranched alkanes of at least 4 members (excludes halogenated alkanes) is 1. The largest absolute Gasteiger partial charge is 0.467 e. The minimum Gasteiger partial charge on any atom is -0.265 e. The highest BCUT2D eigenvalue weighted by atomic mass is 32.3. The van der Waals surface area contributed by atoms with E-state index in [0.717, 1.165) is 11.2 Å². The highest BCUT2D eigenvalue weighted by Gasteiger charge is 2.12. The molecule has 0 saturated carbocycles. The van der Waals surface area contributed by atoms with Crippen molar-refractivity contribution in [2.24, 2.45) is 0 Å². The van der Waals surface area contributed by atoms with Crippen molar-refractivity contribution >= 4 is 10.4 Å². The summed E-state index contributed by atoms with van der Waals surface area (Å²) in [4.78, 5) is 3.62. The van der Waals surface area contributed by atoms with Crippen LogP contribution in [0.5, 0.6) is 0 Å². The molecule has 0 saturated heterocycles. The molecule has 1 rings (SSSR count). The maximum atomic E-state index is 11.1. The summed E-state index contributed by atoms with van der Waals surface area (Å²) in [7, 11) is -3.95. The molecule has 0 aliphatic heterocycles. The first-order chi connectivity index (χ1) is 6.64. The second-order valence-corrected chi connectivity index (χ2v) is 3.78. The zero-order chi connectivity index (χ0) is 10.4. The maximum absolute atomic E-state index is 11.1. The van der Waals surface area contributed by atoms with E-state index in [4.69, 9.17) is 0 Å². The fraction of sp³-hybridized carbons (Fsp3) is 0.571. The number of imidazole rings is 1. The lowest BCUT2D eigenvalue weighted by molar-refractivity contribution is 0.195. The molecular weight excluding hydrogens is 208 g/mol. The second-order valence-electron chi connectivity index (χ2n) is 2.58. The first kappa shape index (κ1) is 11.0. The van der Waals surface area contributed by atoms with E-state index >= 15 is 0 Å². The Labute approximate surface area is 82.8 Å². The summed E-state index contributed by atoms with van der Waals surface area (Å²) in [5, 5.41) is 0. The molecule has 1 aromatic heterocycles. The van der Waals surface area contributed by atoms with Crippen molar-refractivity contribution in [1.82, 2.24) is 9.71 Å². The van der Waals surface area contributed by atoms with Gasteiger partial charge in [0, 0.05) is 6.20 Å². The Kier molecular flexibility index (Phi) is 3.90. The first-order valence-corrected chi connectivity index (χ1v) is 5.54. The lowest BCUT2D eigenvalue weighted by Crippen LogP contribution is -2.21. The molecule has 7 heteroatoms. The molecule has 1 aromatic rings. The fourth-order valence-corrected chi connectivity index (χ4v) is 1.39. The van der Waals surface area contributed by atoms with Crippen LogP contribution >= 0.6 is 0 Å². The average molecular weight is 220 g/mol. The Morgan fingerprint density at radius 2 is 2.29 bits per heavy atom. The van der Waals surface area contributed by atoms with Crippen molar-refractivity contribution in [3.05, 3.63) is 18.7 Å². The molecule has 0 fully saturated rings. The summed E-state index contributed by atoms with van der Waals surface area (Å²) in [6.45, 7) is 2.07. The van der Waals surface area contributed by atoms with Gasteiger partial charge in [0.05, 0.1) is 12.8 Å². The van der Waals surface area contributed by atoms with Gasteiger partial charge in [-0.05, 0) is 6.42 Å². The molecule has 0 amide bonds. The van der Waals surface area contributed by atoms with Crippen LogP contribution in [0.4, 0.5) is 0 Å². The Bertz CT molecular complexity index is 346. The van der Waals surface area contributed by atoms with Gasteiger partial charge in [0.1, 0.15) is 6.33 Å². The van der Waals surface area contributed by atoms with Gasteiger partial charge in [0.2, 0.25) is 0 Å². The van der Waals surface area contributed by atoms with E-state index in [9.17, 15) is 8.42 Å². The Balaban J connectivity index is 2.42. The first-order valence-electron chi connectivity index (χ1n) is 4.21. The van der Waals surface area contributed by atoms with Gasteiger partial charge in [-0.1, -0.05) is 13.3 Å². The molecule has 1 heterocycles. The predicted molar refractivity (Wildman–Crippen MR) is 48.6 cm³/mol. The SMILES string of the molecule is CCCCOS(=O)(=O)On1ccnc1. The van der Waals surface area contributed by atoms with E-state index in [2.05, 4.69) is 13.5 Å². The highest BCUT2D eigenvalue weighted by molar-refractivity contribution is 7.82. The van der Waals surface area contributed by atoms with Crippen molar-refractivity contribution < 1.29 is 16.9 Å². The monoisotopic (exact) mass is 220 g/mol. The van der Waals surface area contributed by atoms with E-state index in [-0.39, 0.29) is 6.61 Å². The molecule has 0 N–H and O–H groups in total. The molecule has 0 radical (unpaired) electrons. The van der Waals surface area contributed by atoms with Crippen molar-refractivity contribution in [2.45, 2.75) is 19.8 Å². The van der Waals surface area contributed by atoms with E-state index < -0.39 is 10.4 Å². The molecule has 14 heavy (non-hydrogen) atoms. The lowest BCUT2D eigenvalue weighted by Gasteiger charge is -2.05. The summed E-state index contributed by atoms with van der Waals surface area (Å²) in [5.74, 6) is 0. The summed E-state index contributed by atoms with van der Waals surface area (Å²) in [5.41, 5.74) is 0. The molecular formula is C7H12N2O4S. The van der Waals surface area contributed by atoms with Crippen molar-refractivity contribution in [1.29, 1.82) is 0 Å². The van der Waals surface area contributed by atoms with Crippen LogP contribution in [0.15, 0.2) is 18.7 Å². The van der Waals surface area contributed by atoms with E-state index in [0.29, 0.717) is 6.42 Å². The maximum Gasteiger partial charge on any atom is 0.467 e. The molecule has 0 aliphatic carbocycles. The van der Waals surface area contributed by atoms with Crippen LogP contribution in [0.3, 0.4) is 0 Å². The zero-order valence-electron chi connectivity index (χ0n) is 7.79. The summed E-state index contributed by atoms with van der Waals surface area (Å²) < 4.78 is 32.2. The van der Waals surface area contributed by atoms with E-state index in [1.54, 1.807) is 0 Å². The quantitative estimate of drug-likeness (QED) is 0.648. The predicted octanol–water partition coefficient (Wildman–Crippen LogP) is 0.373. The van der Waals surface area contributed by atoms with Crippen LogP contribution in [0.2, 0.25) is 0 Å². The van der Waals surface area contributed by atoms with Crippen LogP contribution in [0.25, 0.3) is 0 Å². The topological polar surface area (TPSA) is 70.4 Å². The highest BCUT2D eigenvalue weighted by Crippen LogP contribution is 1.96. The Morgan fingerprint density at radius 1 is 1.50 bits per heavy atom. The van der Waals surface area contributed by atoms with Gasteiger partial charge in [-0.2, -0.15) is 13.1 Å². The normalized spacial score (nSPS) is 11.5. The van der Waals surface area contributed by atoms with E-state index in [1.165, 1.54) is 18.7 Å². The Morgan fingerprint density at radius 3 is 2.86 bits per heavy atom. The summed E-state index contributed by atoms with van der Waals surface area (Å²) in [6, 6.07) is 0. The van der Waals surface area contributed by atoms with Crippen molar-refractivity contribution in [3.63, 3.8) is 0 Å². The molecule has 0 bridgehead atoms. The van der Waals surface area contributed by atoms with Crippen molar-refractivity contribution in [2.75, 3.05) is 6.61 Å². The molecule has 0 spiro atoms. The van der Waals surface area contributed by atoms with Crippen LogP contribution < -0.4 is 4.28 Å².